The predicted octanol–water partition coefficient (Wildman–Crippen LogP) is 3.41. The molecule has 1 aromatic heterocycles. The molecule has 0 saturated heterocycles. The van der Waals surface area contributed by atoms with Crippen LogP contribution < -0.4 is 5.32 Å². The average molecular weight is 341 g/mol. The minimum atomic E-state index is -4.38. The average Bonchev–Trinajstić information content (AvgIpc) is 3.10. The van der Waals surface area contributed by atoms with Crippen molar-refractivity contribution < 1.29 is 18.0 Å². The van der Waals surface area contributed by atoms with Crippen molar-refractivity contribution in [1.82, 2.24) is 14.9 Å². The molecule has 2 aromatic rings. The molecule has 122 valence electrons. The van der Waals surface area contributed by atoms with E-state index in [-0.39, 0.29) is 23.4 Å². The maximum atomic E-state index is 13.0. The van der Waals surface area contributed by atoms with E-state index in [2.05, 4.69) is 14.9 Å². The van der Waals surface area contributed by atoms with Crippen LogP contribution in [-0.2, 0) is 12.6 Å². The minimum Gasteiger partial charge on any atom is -0.348 e. The van der Waals surface area contributed by atoms with Gasteiger partial charge < -0.3 is 5.32 Å². The third-order valence-corrected chi connectivity index (χ3v) is 4.64. The van der Waals surface area contributed by atoms with Crippen molar-refractivity contribution in [2.45, 2.75) is 37.9 Å². The summed E-state index contributed by atoms with van der Waals surface area (Å²) in [7, 11) is 0. The standard InChI is InChI=1S/C15H14F3N3OS/c1-2-11-13(23-21-20-11)14(22)19-12-7-9(12)8-5-3-4-6-10(8)15(16,17)18/h3-6,9,12H,2,7H2,1H3,(H,19,22)/t9-,12+/m1/s1. The van der Waals surface area contributed by atoms with Crippen LogP contribution in [0.15, 0.2) is 24.3 Å². The van der Waals surface area contributed by atoms with Crippen LogP contribution in [0.25, 0.3) is 0 Å². The number of rotatable bonds is 4. The Bertz CT molecular complexity index is 729. The largest absolute Gasteiger partial charge is 0.416 e. The lowest BCUT2D eigenvalue weighted by Crippen LogP contribution is -2.27. The van der Waals surface area contributed by atoms with Crippen molar-refractivity contribution in [1.29, 1.82) is 0 Å². The molecule has 1 N–H and O–H groups in total. The number of alkyl halides is 3. The van der Waals surface area contributed by atoms with E-state index in [9.17, 15) is 18.0 Å². The van der Waals surface area contributed by atoms with Gasteiger partial charge in [-0.2, -0.15) is 13.2 Å². The van der Waals surface area contributed by atoms with E-state index in [4.69, 9.17) is 0 Å². The first-order valence-corrected chi connectivity index (χ1v) is 7.97. The second kappa shape index (κ2) is 5.92. The molecule has 1 aliphatic rings. The van der Waals surface area contributed by atoms with E-state index >= 15 is 0 Å². The molecule has 23 heavy (non-hydrogen) atoms. The number of aromatic nitrogens is 2. The van der Waals surface area contributed by atoms with Crippen LogP contribution in [-0.4, -0.2) is 21.5 Å². The van der Waals surface area contributed by atoms with Crippen LogP contribution in [0.2, 0.25) is 0 Å². The van der Waals surface area contributed by atoms with Gasteiger partial charge in [-0.05, 0) is 36.0 Å². The molecule has 1 saturated carbocycles. The van der Waals surface area contributed by atoms with Gasteiger partial charge in [-0.25, -0.2) is 0 Å². The molecular formula is C15H14F3N3OS. The normalized spacial score (nSPS) is 20.3. The predicted molar refractivity (Wildman–Crippen MR) is 79.3 cm³/mol. The van der Waals surface area contributed by atoms with E-state index < -0.39 is 11.7 Å². The summed E-state index contributed by atoms with van der Waals surface area (Å²) in [6.45, 7) is 1.87. The molecular weight excluding hydrogens is 327 g/mol. The number of benzene rings is 1. The number of hydrogen-bond donors (Lipinski definition) is 1. The zero-order valence-electron chi connectivity index (χ0n) is 12.2. The Morgan fingerprint density at radius 1 is 1.39 bits per heavy atom. The topological polar surface area (TPSA) is 54.9 Å². The van der Waals surface area contributed by atoms with Gasteiger partial charge in [0, 0.05) is 12.0 Å². The third-order valence-electron chi connectivity index (χ3n) is 3.87. The molecule has 0 radical (unpaired) electrons. The molecule has 1 aliphatic carbocycles. The number of nitrogens with zero attached hydrogens (tertiary/aromatic N) is 2. The van der Waals surface area contributed by atoms with Gasteiger partial charge >= 0.3 is 6.18 Å². The maximum Gasteiger partial charge on any atom is 0.416 e. The summed E-state index contributed by atoms with van der Waals surface area (Å²) < 4.78 is 42.9. The van der Waals surface area contributed by atoms with Crippen LogP contribution >= 0.6 is 11.5 Å². The Morgan fingerprint density at radius 3 is 2.83 bits per heavy atom. The van der Waals surface area contributed by atoms with Crippen molar-refractivity contribution in [2.75, 3.05) is 0 Å². The monoisotopic (exact) mass is 341 g/mol. The van der Waals surface area contributed by atoms with Crippen molar-refractivity contribution in [3.63, 3.8) is 0 Å². The highest BCUT2D eigenvalue weighted by molar-refractivity contribution is 7.08. The van der Waals surface area contributed by atoms with E-state index in [0.717, 1.165) is 17.6 Å². The van der Waals surface area contributed by atoms with Gasteiger partial charge in [-0.1, -0.05) is 29.6 Å². The Balaban J connectivity index is 1.73. The van der Waals surface area contributed by atoms with Gasteiger partial charge in [0.2, 0.25) is 0 Å². The highest BCUT2D eigenvalue weighted by Gasteiger charge is 2.45. The lowest BCUT2D eigenvalue weighted by Gasteiger charge is -2.12. The van der Waals surface area contributed by atoms with Crippen LogP contribution in [0.4, 0.5) is 13.2 Å². The summed E-state index contributed by atoms with van der Waals surface area (Å²) in [5.74, 6) is -0.614. The third kappa shape index (κ3) is 3.21. The van der Waals surface area contributed by atoms with Gasteiger partial charge in [0.1, 0.15) is 4.88 Å². The summed E-state index contributed by atoms with van der Waals surface area (Å²) >= 11 is 1.00. The number of nitrogens with one attached hydrogen (secondary N) is 1. The molecule has 4 nitrogen and oxygen atoms in total. The Morgan fingerprint density at radius 2 is 2.13 bits per heavy atom. The van der Waals surface area contributed by atoms with E-state index in [0.29, 0.717) is 23.4 Å². The van der Waals surface area contributed by atoms with Crippen molar-refractivity contribution in [3.8, 4) is 0 Å². The van der Waals surface area contributed by atoms with Gasteiger partial charge in [-0.15, -0.1) is 5.10 Å². The number of hydrogen-bond acceptors (Lipinski definition) is 4. The molecule has 0 unspecified atom stereocenters. The zero-order valence-corrected chi connectivity index (χ0v) is 13.0. The summed E-state index contributed by atoms with van der Waals surface area (Å²) in [5.41, 5.74) is 0.222. The lowest BCUT2D eigenvalue weighted by molar-refractivity contribution is -0.138. The molecule has 3 rings (SSSR count). The molecule has 1 heterocycles. The van der Waals surface area contributed by atoms with Gasteiger partial charge in [-0.3, -0.25) is 4.79 Å². The Kier molecular flexibility index (Phi) is 4.09. The fourth-order valence-electron chi connectivity index (χ4n) is 2.62. The molecule has 1 amide bonds. The van der Waals surface area contributed by atoms with E-state index in [1.54, 1.807) is 6.07 Å². The highest BCUT2D eigenvalue weighted by atomic mass is 32.1. The maximum absolute atomic E-state index is 13.0. The Hall–Kier alpha value is -1.96. The highest BCUT2D eigenvalue weighted by Crippen LogP contribution is 2.46. The second-order valence-corrected chi connectivity index (χ2v) is 6.16. The van der Waals surface area contributed by atoms with Gasteiger partial charge in [0.05, 0.1) is 11.3 Å². The quantitative estimate of drug-likeness (QED) is 0.927. The number of amides is 1. The number of carbonyl (C=O) groups is 1. The molecule has 0 bridgehead atoms. The van der Waals surface area contributed by atoms with Crippen LogP contribution in [0, 0.1) is 0 Å². The molecule has 2 atom stereocenters. The van der Waals surface area contributed by atoms with E-state index in [1.807, 2.05) is 6.92 Å². The first-order valence-electron chi connectivity index (χ1n) is 7.20. The molecule has 0 spiro atoms. The summed E-state index contributed by atoms with van der Waals surface area (Å²) in [4.78, 5) is 12.6. The lowest BCUT2D eigenvalue weighted by atomic mass is 10.0. The number of aryl methyl sites for hydroxylation is 1. The van der Waals surface area contributed by atoms with Crippen LogP contribution in [0.5, 0.6) is 0 Å². The van der Waals surface area contributed by atoms with Gasteiger partial charge in [0.15, 0.2) is 0 Å². The molecule has 0 aliphatic heterocycles. The Labute approximate surface area is 134 Å². The molecule has 8 heteroatoms. The fraction of sp³-hybridized carbons (Fsp3) is 0.400. The van der Waals surface area contributed by atoms with Crippen molar-refractivity contribution in [3.05, 3.63) is 46.0 Å². The SMILES string of the molecule is CCc1nnsc1C(=O)N[C@H]1C[C@@H]1c1ccccc1C(F)(F)F. The number of carbonyl (C=O) groups excluding carboxylic acids is 1. The van der Waals surface area contributed by atoms with Crippen LogP contribution in [0.1, 0.15) is 45.8 Å². The van der Waals surface area contributed by atoms with Crippen LogP contribution in [0.3, 0.4) is 0 Å². The van der Waals surface area contributed by atoms with E-state index in [1.165, 1.54) is 12.1 Å². The second-order valence-electron chi connectivity index (χ2n) is 5.41. The van der Waals surface area contributed by atoms with Crippen molar-refractivity contribution in [2.24, 2.45) is 0 Å². The minimum absolute atomic E-state index is 0.239. The van der Waals surface area contributed by atoms with Crippen molar-refractivity contribution >= 4 is 17.4 Å². The van der Waals surface area contributed by atoms with Gasteiger partial charge in [0.25, 0.3) is 5.91 Å². The smallest absolute Gasteiger partial charge is 0.348 e. The molecule has 1 fully saturated rings. The number of halogens is 3. The first-order chi connectivity index (χ1) is 10.9. The first kappa shape index (κ1) is 15.9. The zero-order chi connectivity index (χ0) is 16.6. The summed E-state index contributed by atoms with van der Waals surface area (Å²) in [6.07, 6.45) is -3.29. The summed E-state index contributed by atoms with van der Waals surface area (Å²) in [5, 5.41) is 6.65. The summed E-state index contributed by atoms with van der Waals surface area (Å²) in [6, 6.07) is 5.24. The molecule has 1 aromatic carbocycles. The fourth-order valence-corrected chi connectivity index (χ4v) is 3.28.